The van der Waals surface area contributed by atoms with E-state index in [1.807, 2.05) is 13.8 Å². The molecule has 2 heterocycles. The van der Waals surface area contributed by atoms with Gasteiger partial charge in [-0.1, -0.05) is 0 Å². The monoisotopic (exact) mass is 388 g/mol. The molecular weight excluding hydrogens is 360 g/mol. The Hall–Kier alpha value is -1.63. The summed E-state index contributed by atoms with van der Waals surface area (Å²) in [6.07, 6.45) is 9.32. The molecule has 146 valence electrons. The molecule has 27 heavy (non-hydrogen) atoms. The Morgan fingerprint density at radius 3 is 2.00 bits per heavy atom. The lowest BCUT2D eigenvalue weighted by atomic mass is 9.48. The molecule has 4 fully saturated rings. The van der Waals surface area contributed by atoms with E-state index in [9.17, 15) is 8.42 Å². The predicted molar refractivity (Wildman–Crippen MR) is 102 cm³/mol. The number of aromatic nitrogens is 4. The molecule has 6 rings (SSSR count). The molecule has 7 heteroatoms. The molecule has 2 aromatic heterocycles. The van der Waals surface area contributed by atoms with Crippen LogP contribution in [0.1, 0.15) is 61.2 Å². The van der Waals surface area contributed by atoms with Crippen molar-refractivity contribution < 1.29 is 8.42 Å². The van der Waals surface area contributed by atoms with Gasteiger partial charge < -0.3 is 0 Å². The van der Waals surface area contributed by atoms with Crippen molar-refractivity contribution in [3.63, 3.8) is 0 Å². The molecule has 0 amide bonds. The molecule has 0 atom stereocenters. The van der Waals surface area contributed by atoms with Crippen LogP contribution in [0.15, 0.2) is 11.1 Å². The molecule has 0 spiro atoms. The molecule has 4 saturated carbocycles. The van der Waals surface area contributed by atoms with E-state index >= 15 is 0 Å². The van der Waals surface area contributed by atoms with E-state index in [1.54, 1.807) is 24.9 Å². The first-order chi connectivity index (χ1) is 12.7. The van der Waals surface area contributed by atoms with E-state index in [4.69, 9.17) is 0 Å². The Morgan fingerprint density at radius 2 is 1.52 bits per heavy atom. The van der Waals surface area contributed by atoms with Crippen LogP contribution in [0.2, 0.25) is 0 Å². The maximum Gasteiger partial charge on any atom is 0.286 e. The molecule has 4 aliphatic rings. The van der Waals surface area contributed by atoms with Crippen molar-refractivity contribution in [1.29, 1.82) is 0 Å². The van der Waals surface area contributed by atoms with Crippen molar-refractivity contribution in [2.24, 2.45) is 24.8 Å². The number of hydrogen-bond acceptors (Lipinski definition) is 4. The van der Waals surface area contributed by atoms with Crippen molar-refractivity contribution in [2.45, 2.75) is 69.6 Å². The summed E-state index contributed by atoms with van der Waals surface area (Å²) in [7, 11) is -1.99. The molecular formula is C20H28N4O2S. The van der Waals surface area contributed by atoms with Gasteiger partial charge in [0.05, 0.1) is 17.1 Å². The van der Waals surface area contributed by atoms with E-state index in [2.05, 4.69) is 10.2 Å². The summed E-state index contributed by atoms with van der Waals surface area (Å²) in [4.78, 5) is 0.243. The van der Waals surface area contributed by atoms with E-state index in [1.165, 1.54) is 48.2 Å². The normalized spacial score (nSPS) is 32.4. The molecule has 0 N–H and O–H groups in total. The van der Waals surface area contributed by atoms with Crippen molar-refractivity contribution in [1.82, 2.24) is 19.0 Å². The molecule has 4 aliphatic carbocycles. The van der Waals surface area contributed by atoms with Crippen LogP contribution in [0.3, 0.4) is 0 Å². The second kappa shape index (κ2) is 5.46. The highest BCUT2D eigenvalue weighted by Gasteiger charge is 2.53. The molecule has 0 unspecified atom stereocenters. The number of hydrogen-bond donors (Lipinski definition) is 0. The minimum atomic E-state index is -3.73. The van der Waals surface area contributed by atoms with Crippen molar-refractivity contribution in [3.05, 3.63) is 28.8 Å². The summed E-state index contributed by atoms with van der Waals surface area (Å²) in [5.41, 5.74) is 3.56. The van der Waals surface area contributed by atoms with Gasteiger partial charge in [-0.05, 0) is 82.5 Å². The van der Waals surface area contributed by atoms with E-state index in [0.717, 1.165) is 29.1 Å². The summed E-state index contributed by atoms with van der Waals surface area (Å²) in [6, 6.07) is 0. The first kappa shape index (κ1) is 17.5. The van der Waals surface area contributed by atoms with Gasteiger partial charge in [-0.2, -0.15) is 22.7 Å². The van der Waals surface area contributed by atoms with Crippen molar-refractivity contribution >= 4 is 10.0 Å². The summed E-state index contributed by atoms with van der Waals surface area (Å²) < 4.78 is 29.5. The van der Waals surface area contributed by atoms with Gasteiger partial charge in [0, 0.05) is 18.8 Å². The van der Waals surface area contributed by atoms with Crippen LogP contribution in [-0.4, -0.2) is 27.4 Å². The second-order valence-electron chi connectivity index (χ2n) is 9.34. The smallest absolute Gasteiger partial charge is 0.274 e. The number of aryl methyl sites for hydroxylation is 3. The quantitative estimate of drug-likeness (QED) is 0.809. The molecule has 0 aliphatic heterocycles. The topological polar surface area (TPSA) is 69.8 Å². The van der Waals surface area contributed by atoms with Crippen LogP contribution in [-0.2, 0) is 22.5 Å². The molecule has 0 aromatic carbocycles. The standard InChI is InChI=1S/C20H28N4O2S/c1-12-18(11-23(4)21-12)27(25,26)24-14(3)19(13(2)22-24)20-8-15-5-16(9-20)7-17(6-15)10-20/h11,15-17H,5-10H2,1-4H3. The zero-order valence-electron chi connectivity index (χ0n) is 16.6. The van der Waals surface area contributed by atoms with Crippen LogP contribution < -0.4 is 0 Å². The average Bonchev–Trinajstić information content (AvgIpc) is 3.05. The van der Waals surface area contributed by atoms with Crippen LogP contribution in [0.4, 0.5) is 0 Å². The lowest BCUT2D eigenvalue weighted by molar-refractivity contribution is -0.00574. The van der Waals surface area contributed by atoms with Crippen LogP contribution in [0, 0.1) is 38.5 Å². The zero-order chi connectivity index (χ0) is 19.1. The summed E-state index contributed by atoms with van der Waals surface area (Å²) in [6.45, 7) is 5.67. The summed E-state index contributed by atoms with van der Waals surface area (Å²) in [5.74, 6) is 2.45. The van der Waals surface area contributed by atoms with E-state index in [0.29, 0.717) is 5.69 Å². The maximum absolute atomic E-state index is 13.3. The molecule has 4 bridgehead atoms. The van der Waals surface area contributed by atoms with Crippen molar-refractivity contribution in [3.8, 4) is 0 Å². The fourth-order valence-electron chi connectivity index (χ4n) is 6.96. The number of rotatable bonds is 3. The van der Waals surface area contributed by atoms with E-state index < -0.39 is 10.0 Å². The van der Waals surface area contributed by atoms with E-state index in [-0.39, 0.29) is 10.3 Å². The zero-order valence-corrected chi connectivity index (χ0v) is 17.4. The lowest BCUT2D eigenvalue weighted by Crippen LogP contribution is -2.49. The molecule has 0 radical (unpaired) electrons. The Balaban J connectivity index is 1.64. The molecule has 0 saturated heterocycles. The van der Waals surface area contributed by atoms with Gasteiger partial charge in [-0.25, -0.2) is 0 Å². The van der Waals surface area contributed by atoms with Gasteiger partial charge in [0.2, 0.25) is 0 Å². The van der Waals surface area contributed by atoms with Crippen molar-refractivity contribution in [2.75, 3.05) is 0 Å². The fraction of sp³-hybridized carbons (Fsp3) is 0.700. The third kappa shape index (κ3) is 2.39. The largest absolute Gasteiger partial charge is 0.286 e. The van der Waals surface area contributed by atoms with Crippen LogP contribution in [0.5, 0.6) is 0 Å². The van der Waals surface area contributed by atoms with Gasteiger partial charge in [0.15, 0.2) is 0 Å². The first-order valence-electron chi connectivity index (χ1n) is 10.0. The van der Waals surface area contributed by atoms with Crippen LogP contribution >= 0.6 is 0 Å². The molecule has 2 aromatic rings. The Kier molecular flexibility index (Phi) is 3.53. The lowest BCUT2D eigenvalue weighted by Gasteiger charge is -2.57. The maximum atomic E-state index is 13.3. The fourth-order valence-corrected chi connectivity index (χ4v) is 8.53. The minimum Gasteiger partial charge on any atom is -0.274 e. The number of nitrogens with zero attached hydrogens (tertiary/aromatic N) is 4. The third-order valence-electron chi connectivity index (χ3n) is 7.29. The SMILES string of the molecule is Cc1nn(C)cc1S(=O)(=O)n1nc(C)c(C23CC4CC(CC(C4)C2)C3)c1C. The first-order valence-corrected chi connectivity index (χ1v) is 11.5. The summed E-state index contributed by atoms with van der Waals surface area (Å²) >= 11 is 0. The Labute approximate surface area is 161 Å². The summed E-state index contributed by atoms with van der Waals surface area (Å²) in [5, 5.41) is 8.77. The third-order valence-corrected chi connectivity index (χ3v) is 9.06. The van der Waals surface area contributed by atoms with Gasteiger partial charge in [0.25, 0.3) is 10.0 Å². The predicted octanol–water partition coefficient (Wildman–Crippen LogP) is 3.25. The van der Waals surface area contributed by atoms with Gasteiger partial charge >= 0.3 is 0 Å². The Morgan fingerprint density at radius 1 is 0.963 bits per heavy atom. The Bertz CT molecular complexity index is 996. The highest BCUT2D eigenvalue weighted by Crippen LogP contribution is 2.61. The molecule has 6 nitrogen and oxygen atoms in total. The highest BCUT2D eigenvalue weighted by atomic mass is 32.2. The minimum absolute atomic E-state index is 0.140. The second-order valence-corrected chi connectivity index (χ2v) is 11.1. The van der Waals surface area contributed by atoms with Crippen LogP contribution in [0.25, 0.3) is 0 Å². The van der Waals surface area contributed by atoms with Gasteiger partial charge in [-0.15, -0.1) is 0 Å². The average molecular weight is 389 g/mol. The van der Waals surface area contributed by atoms with Gasteiger partial charge in [0.1, 0.15) is 4.90 Å². The highest BCUT2D eigenvalue weighted by molar-refractivity contribution is 7.90. The van der Waals surface area contributed by atoms with Gasteiger partial charge in [-0.3, -0.25) is 4.68 Å².